The van der Waals surface area contributed by atoms with Gasteiger partial charge >= 0.3 is 0 Å². The van der Waals surface area contributed by atoms with E-state index in [9.17, 15) is 0 Å². The molecule has 1 saturated heterocycles. The molecular formula is C13H23N3. The Morgan fingerprint density at radius 1 is 1.56 bits per heavy atom. The second-order valence-corrected chi connectivity index (χ2v) is 5.22. The van der Waals surface area contributed by atoms with Gasteiger partial charge in [-0.1, -0.05) is 6.92 Å². The summed E-state index contributed by atoms with van der Waals surface area (Å²) in [6.45, 7) is 7.77. The van der Waals surface area contributed by atoms with Gasteiger partial charge in [0.25, 0.3) is 0 Å². The molecule has 2 rings (SSSR count). The van der Waals surface area contributed by atoms with Gasteiger partial charge in [-0.25, -0.2) is 0 Å². The van der Waals surface area contributed by atoms with Crippen molar-refractivity contribution in [2.45, 2.75) is 58.0 Å². The van der Waals surface area contributed by atoms with Crippen LogP contribution in [0.3, 0.4) is 0 Å². The fourth-order valence-corrected chi connectivity index (χ4v) is 2.55. The second kappa shape index (κ2) is 4.58. The monoisotopic (exact) mass is 221 g/mol. The third-order valence-electron chi connectivity index (χ3n) is 3.72. The molecule has 0 aromatic carbocycles. The zero-order valence-electron chi connectivity index (χ0n) is 10.7. The molecule has 3 nitrogen and oxygen atoms in total. The van der Waals surface area contributed by atoms with Gasteiger partial charge in [-0.3, -0.25) is 4.68 Å². The average molecular weight is 221 g/mol. The van der Waals surface area contributed by atoms with Gasteiger partial charge in [0, 0.05) is 24.2 Å². The Bertz CT molecular complexity index is 335. The minimum Gasteiger partial charge on any atom is -0.311 e. The first-order valence-electron chi connectivity index (χ1n) is 6.44. The molecule has 1 aromatic rings. The molecule has 0 bridgehead atoms. The second-order valence-electron chi connectivity index (χ2n) is 5.22. The summed E-state index contributed by atoms with van der Waals surface area (Å²) < 4.78 is 2.05. The fraction of sp³-hybridized carbons (Fsp3) is 0.769. The van der Waals surface area contributed by atoms with E-state index in [2.05, 4.69) is 43.4 Å². The minimum atomic E-state index is 0.316. The number of hydrogen-bond donors (Lipinski definition) is 1. The number of rotatable bonds is 4. The normalized spacial score (nSPS) is 25.5. The molecule has 0 radical (unpaired) electrons. The predicted octanol–water partition coefficient (Wildman–Crippen LogP) is 2.54. The van der Waals surface area contributed by atoms with E-state index in [0.29, 0.717) is 11.6 Å². The molecule has 1 atom stereocenters. The average Bonchev–Trinajstić information content (AvgIpc) is 2.88. The first-order chi connectivity index (χ1) is 7.65. The highest BCUT2D eigenvalue weighted by Crippen LogP contribution is 2.26. The van der Waals surface area contributed by atoms with Crippen molar-refractivity contribution in [2.75, 3.05) is 6.54 Å². The Morgan fingerprint density at radius 3 is 2.88 bits per heavy atom. The third kappa shape index (κ3) is 2.29. The molecule has 2 heterocycles. The van der Waals surface area contributed by atoms with Crippen LogP contribution in [0.2, 0.25) is 0 Å². The van der Waals surface area contributed by atoms with Crippen LogP contribution in [0.4, 0.5) is 0 Å². The fourth-order valence-electron chi connectivity index (χ4n) is 2.55. The Hall–Kier alpha value is -0.830. The van der Waals surface area contributed by atoms with Crippen molar-refractivity contribution >= 4 is 0 Å². The molecule has 0 saturated carbocycles. The quantitative estimate of drug-likeness (QED) is 0.846. The highest BCUT2D eigenvalue weighted by atomic mass is 15.3. The van der Waals surface area contributed by atoms with Crippen LogP contribution in [-0.4, -0.2) is 21.9 Å². The lowest BCUT2D eigenvalue weighted by Crippen LogP contribution is -2.41. The van der Waals surface area contributed by atoms with E-state index in [1.54, 1.807) is 0 Å². The summed E-state index contributed by atoms with van der Waals surface area (Å²) in [7, 11) is 0. The largest absolute Gasteiger partial charge is 0.311 e. The van der Waals surface area contributed by atoms with Crippen LogP contribution >= 0.6 is 0 Å². The molecule has 0 spiro atoms. The summed E-state index contributed by atoms with van der Waals surface area (Å²) >= 11 is 0. The summed E-state index contributed by atoms with van der Waals surface area (Å²) in [5.41, 5.74) is 1.54. The molecule has 1 aliphatic heterocycles. The molecule has 0 amide bonds. The molecule has 0 aliphatic carbocycles. The van der Waals surface area contributed by atoms with E-state index in [0.717, 1.165) is 6.42 Å². The van der Waals surface area contributed by atoms with Gasteiger partial charge in [-0.15, -0.1) is 0 Å². The predicted molar refractivity (Wildman–Crippen MR) is 66.6 cm³/mol. The number of hydrogen-bond acceptors (Lipinski definition) is 2. The minimum absolute atomic E-state index is 0.316. The smallest absolute Gasteiger partial charge is 0.0643 e. The lowest BCUT2D eigenvalue weighted by molar-refractivity contribution is 0.354. The maximum absolute atomic E-state index is 4.64. The van der Waals surface area contributed by atoms with E-state index < -0.39 is 0 Å². The standard InChI is InChI=1S/C13H23N3/c1-4-13(7-5-8-14-13)10-12-6-9-16(15-12)11(2)3/h6,9,11,14H,4-5,7-8,10H2,1-3H3. The van der Waals surface area contributed by atoms with Crippen LogP contribution in [0.15, 0.2) is 12.3 Å². The number of nitrogens with one attached hydrogen (secondary N) is 1. The maximum Gasteiger partial charge on any atom is 0.0643 e. The molecule has 1 aliphatic rings. The van der Waals surface area contributed by atoms with Crippen molar-refractivity contribution in [3.8, 4) is 0 Å². The zero-order chi connectivity index (χ0) is 11.6. The zero-order valence-corrected chi connectivity index (χ0v) is 10.7. The van der Waals surface area contributed by atoms with Gasteiger partial charge in [0.2, 0.25) is 0 Å². The summed E-state index contributed by atoms with van der Waals surface area (Å²) in [6.07, 6.45) is 6.96. The Kier molecular flexibility index (Phi) is 3.33. The maximum atomic E-state index is 4.64. The van der Waals surface area contributed by atoms with Gasteiger partial charge in [-0.2, -0.15) is 5.10 Å². The van der Waals surface area contributed by atoms with Crippen LogP contribution in [0, 0.1) is 0 Å². The number of aromatic nitrogens is 2. The molecule has 1 fully saturated rings. The van der Waals surface area contributed by atoms with E-state index in [4.69, 9.17) is 0 Å². The summed E-state index contributed by atoms with van der Waals surface area (Å²) in [4.78, 5) is 0. The molecular weight excluding hydrogens is 198 g/mol. The van der Waals surface area contributed by atoms with Crippen molar-refractivity contribution in [2.24, 2.45) is 0 Å². The van der Waals surface area contributed by atoms with Crippen LogP contribution in [0.5, 0.6) is 0 Å². The van der Waals surface area contributed by atoms with E-state index >= 15 is 0 Å². The number of nitrogens with zero attached hydrogens (tertiary/aromatic N) is 2. The molecule has 90 valence electrons. The van der Waals surface area contributed by atoms with Crippen molar-refractivity contribution in [3.63, 3.8) is 0 Å². The van der Waals surface area contributed by atoms with Crippen LogP contribution in [0.25, 0.3) is 0 Å². The lowest BCUT2D eigenvalue weighted by Gasteiger charge is -2.27. The van der Waals surface area contributed by atoms with E-state index in [1.807, 2.05) is 4.68 Å². The Balaban J connectivity index is 2.07. The van der Waals surface area contributed by atoms with Gasteiger partial charge in [0.15, 0.2) is 0 Å². The van der Waals surface area contributed by atoms with Crippen LogP contribution in [-0.2, 0) is 6.42 Å². The van der Waals surface area contributed by atoms with Gasteiger partial charge in [0.05, 0.1) is 5.69 Å². The molecule has 3 heteroatoms. The van der Waals surface area contributed by atoms with Crippen molar-refractivity contribution in [1.29, 1.82) is 0 Å². The molecule has 1 N–H and O–H groups in total. The summed E-state index contributed by atoms with van der Waals surface area (Å²) in [5.74, 6) is 0. The molecule has 1 unspecified atom stereocenters. The van der Waals surface area contributed by atoms with Gasteiger partial charge < -0.3 is 5.32 Å². The van der Waals surface area contributed by atoms with Gasteiger partial charge in [0.1, 0.15) is 0 Å². The van der Waals surface area contributed by atoms with Crippen LogP contribution < -0.4 is 5.32 Å². The highest BCUT2D eigenvalue weighted by Gasteiger charge is 2.32. The molecule has 1 aromatic heterocycles. The third-order valence-corrected chi connectivity index (χ3v) is 3.72. The van der Waals surface area contributed by atoms with Crippen molar-refractivity contribution in [1.82, 2.24) is 15.1 Å². The first-order valence-corrected chi connectivity index (χ1v) is 6.44. The summed E-state index contributed by atoms with van der Waals surface area (Å²) in [5, 5.41) is 8.30. The van der Waals surface area contributed by atoms with Gasteiger partial charge in [-0.05, 0) is 45.7 Å². The van der Waals surface area contributed by atoms with Crippen molar-refractivity contribution < 1.29 is 0 Å². The highest BCUT2D eigenvalue weighted by molar-refractivity contribution is 5.08. The topological polar surface area (TPSA) is 29.9 Å². The lowest BCUT2D eigenvalue weighted by atomic mass is 9.89. The first kappa shape index (κ1) is 11.6. The van der Waals surface area contributed by atoms with Crippen molar-refractivity contribution in [3.05, 3.63) is 18.0 Å². The van der Waals surface area contributed by atoms with Crippen LogP contribution in [0.1, 0.15) is 51.8 Å². The Labute approximate surface area is 98.2 Å². The van der Waals surface area contributed by atoms with E-state index in [-0.39, 0.29) is 0 Å². The SMILES string of the molecule is CCC1(Cc2ccn(C(C)C)n2)CCCN1. The Morgan fingerprint density at radius 2 is 2.38 bits per heavy atom. The summed E-state index contributed by atoms with van der Waals surface area (Å²) in [6, 6.07) is 2.63. The van der Waals surface area contributed by atoms with E-state index in [1.165, 1.54) is 31.5 Å². The molecule has 16 heavy (non-hydrogen) atoms.